The van der Waals surface area contributed by atoms with E-state index in [1.54, 1.807) is 6.92 Å². The van der Waals surface area contributed by atoms with Crippen LogP contribution < -0.4 is 10.6 Å². The van der Waals surface area contributed by atoms with Crippen molar-refractivity contribution in [2.24, 2.45) is 0 Å². The van der Waals surface area contributed by atoms with Crippen LogP contribution >= 0.6 is 0 Å². The fraction of sp³-hybridized carbons (Fsp3) is 0.500. The number of rotatable bonds is 5. The van der Waals surface area contributed by atoms with Crippen molar-refractivity contribution in [3.8, 4) is 0 Å². The lowest BCUT2D eigenvalue weighted by Gasteiger charge is -2.22. The van der Waals surface area contributed by atoms with Crippen LogP contribution in [0.15, 0.2) is 18.2 Å². The number of hydrogen-bond donors (Lipinski definition) is 3. The highest BCUT2D eigenvalue weighted by molar-refractivity contribution is 5.89. The third kappa shape index (κ3) is 5.72. The number of methoxy groups -OCH3 is 1. The van der Waals surface area contributed by atoms with Gasteiger partial charge in [0.15, 0.2) is 0 Å². The fourth-order valence-corrected chi connectivity index (χ4v) is 1.85. The summed E-state index contributed by atoms with van der Waals surface area (Å²) in [6.07, 6.45) is 0. The van der Waals surface area contributed by atoms with Gasteiger partial charge in [0.1, 0.15) is 5.60 Å². The molecule has 1 aromatic rings. The van der Waals surface area contributed by atoms with E-state index in [1.165, 1.54) is 7.11 Å². The molecule has 0 heterocycles. The van der Waals surface area contributed by atoms with Gasteiger partial charge in [0.25, 0.3) is 0 Å². The number of hydrogen-bond acceptors (Lipinski definition) is 3. The molecule has 0 aliphatic rings. The first kappa shape index (κ1) is 15.5. The van der Waals surface area contributed by atoms with Gasteiger partial charge in [-0.2, -0.15) is 0 Å². The summed E-state index contributed by atoms with van der Waals surface area (Å²) in [5.74, 6) is 0. The zero-order chi connectivity index (χ0) is 14.5. The largest absolute Gasteiger partial charge is 0.386 e. The van der Waals surface area contributed by atoms with Crippen molar-refractivity contribution >= 4 is 11.7 Å². The van der Waals surface area contributed by atoms with E-state index >= 15 is 0 Å². The molecule has 19 heavy (non-hydrogen) atoms. The van der Waals surface area contributed by atoms with E-state index in [9.17, 15) is 9.90 Å². The molecule has 1 atom stereocenters. The molecule has 0 saturated heterocycles. The van der Waals surface area contributed by atoms with Gasteiger partial charge in [-0.15, -0.1) is 0 Å². The first-order valence-corrected chi connectivity index (χ1v) is 6.17. The van der Waals surface area contributed by atoms with Crippen molar-refractivity contribution in [3.05, 3.63) is 29.3 Å². The minimum Gasteiger partial charge on any atom is -0.386 e. The summed E-state index contributed by atoms with van der Waals surface area (Å²) in [7, 11) is 1.50. The molecule has 0 aliphatic heterocycles. The third-order valence-electron chi connectivity index (χ3n) is 2.56. The van der Waals surface area contributed by atoms with Crippen molar-refractivity contribution in [1.29, 1.82) is 0 Å². The number of urea groups is 1. The van der Waals surface area contributed by atoms with Crippen LogP contribution in [0, 0.1) is 13.8 Å². The molecule has 0 aromatic heterocycles. The molecule has 0 fully saturated rings. The Hall–Kier alpha value is -1.59. The molecule has 5 nitrogen and oxygen atoms in total. The van der Waals surface area contributed by atoms with Crippen LogP contribution in [0.2, 0.25) is 0 Å². The topological polar surface area (TPSA) is 70.6 Å². The number of anilines is 1. The molecule has 3 N–H and O–H groups in total. The number of carbonyl (C=O) groups is 1. The normalized spacial score (nSPS) is 13.7. The summed E-state index contributed by atoms with van der Waals surface area (Å²) in [6.45, 7) is 5.83. The first-order valence-electron chi connectivity index (χ1n) is 6.17. The van der Waals surface area contributed by atoms with E-state index < -0.39 is 5.60 Å². The smallest absolute Gasteiger partial charge is 0.319 e. The quantitative estimate of drug-likeness (QED) is 0.761. The van der Waals surface area contributed by atoms with Crippen LogP contribution in [0.25, 0.3) is 0 Å². The Kier molecular flexibility index (Phi) is 5.32. The van der Waals surface area contributed by atoms with Gasteiger partial charge in [-0.25, -0.2) is 4.79 Å². The minimum absolute atomic E-state index is 0.122. The van der Waals surface area contributed by atoms with Crippen LogP contribution in [-0.2, 0) is 4.74 Å². The van der Waals surface area contributed by atoms with Crippen molar-refractivity contribution in [2.75, 3.05) is 25.6 Å². The number of carbonyl (C=O) groups excluding carboxylic acids is 1. The molecule has 0 bridgehead atoms. The maximum atomic E-state index is 11.7. The Balaban J connectivity index is 2.51. The van der Waals surface area contributed by atoms with Crippen LogP contribution in [0.1, 0.15) is 18.1 Å². The predicted octanol–water partition coefficient (Wildman–Crippen LogP) is 1.82. The second-order valence-electron chi connectivity index (χ2n) is 5.11. The summed E-state index contributed by atoms with van der Waals surface area (Å²) < 4.78 is 4.87. The lowest BCUT2D eigenvalue weighted by molar-refractivity contribution is -0.0133. The average molecular weight is 266 g/mol. The first-order chi connectivity index (χ1) is 8.82. The number of benzene rings is 1. The molecule has 2 amide bonds. The summed E-state index contributed by atoms with van der Waals surface area (Å²) in [4.78, 5) is 11.7. The van der Waals surface area contributed by atoms with E-state index in [2.05, 4.69) is 10.6 Å². The number of ether oxygens (including phenoxy) is 1. The van der Waals surface area contributed by atoms with Gasteiger partial charge in [-0.1, -0.05) is 6.07 Å². The molecule has 1 aromatic carbocycles. The third-order valence-corrected chi connectivity index (χ3v) is 2.56. The van der Waals surface area contributed by atoms with Crippen LogP contribution in [-0.4, -0.2) is 37.0 Å². The summed E-state index contributed by atoms with van der Waals surface area (Å²) in [5, 5.41) is 15.2. The lowest BCUT2D eigenvalue weighted by Crippen LogP contribution is -2.45. The van der Waals surface area contributed by atoms with Crippen LogP contribution in [0.3, 0.4) is 0 Å². The van der Waals surface area contributed by atoms with E-state index in [-0.39, 0.29) is 19.2 Å². The highest BCUT2D eigenvalue weighted by Gasteiger charge is 2.20. The molecule has 0 aliphatic carbocycles. The van der Waals surface area contributed by atoms with Crippen molar-refractivity contribution in [2.45, 2.75) is 26.4 Å². The molecule has 0 spiro atoms. The van der Waals surface area contributed by atoms with Crippen molar-refractivity contribution < 1.29 is 14.6 Å². The van der Waals surface area contributed by atoms with Gasteiger partial charge < -0.3 is 20.5 Å². The summed E-state index contributed by atoms with van der Waals surface area (Å²) in [6, 6.07) is 5.47. The Bertz CT molecular complexity index is 424. The average Bonchev–Trinajstić information content (AvgIpc) is 2.25. The molecular weight excluding hydrogens is 244 g/mol. The highest BCUT2D eigenvalue weighted by Crippen LogP contribution is 2.13. The molecule has 106 valence electrons. The molecule has 1 unspecified atom stereocenters. The van der Waals surface area contributed by atoms with E-state index in [1.807, 2.05) is 32.0 Å². The maximum absolute atomic E-state index is 11.7. The molecule has 0 radical (unpaired) electrons. The van der Waals surface area contributed by atoms with Crippen LogP contribution in [0.4, 0.5) is 10.5 Å². The Morgan fingerprint density at radius 2 is 1.89 bits per heavy atom. The standard InChI is InChI=1S/C14H22N2O3/c1-10-5-11(2)7-12(6-10)16-13(17)15-8-14(3,18)9-19-4/h5-7,18H,8-9H2,1-4H3,(H2,15,16,17). The molecular formula is C14H22N2O3. The molecule has 1 rings (SSSR count). The van der Waals surface area contributed by atoms with Gasteiger partial charge in [0.2, 0.25) is 0 Å². The second kappa shape index (κ2) is 6.54. The van der Waals surface area contributed by atoms with Gasteiger partial charge >= 0.3 is 6.03 Å². The van der Waals surface area contributed by atoms with E-state index in [4.69, 9.17) is 4.74 Å². The molecule has 0 saturated carbocycles. The maximum Gasteiger partial charge on any atom is 0.319 e. The van der Waals surface area contributed by atoms with Gasteiger partial charge in [-0.3, -0.25) is 0 Å². The predicted molar refractivity (Wildman–Crippen MR) is 75.4 cm³/mol. The highest BCUT2D eigenvalue weighted by atomic mass is 16.5. The van der Waals surface area contributed by atoms with Crippen molar-refractivity contribution in [1.82, 2.24) is 5.32 Å². The van der Waals surface area contributed by atoms with Gasteiger partial charge in [0.05, 0.1) is 13.2 Å². The van der Waals surface area contributed by atoms with E-state index in [0.717, 1.165) is 16.8 Å². The monoisotopic (exact) mass is 266 g/mol. The Labute approximate surface area is 114 Å². The fourth-order valence-electron chi connectivity index (χ4n) is 1.85. The van der Waals surface area contributed by atoms with Crippen molar-refractivity contribution in [3.63, 3.8) is 0 Å². The van der Waals surface area contributed by atoms with Gasteiger partial charge in [-0.05, 0) is 44.0 Å². The second-order valence-corrected chi connectivity index (χ2v) is 5.11. The number of aryl methyl sites for hydroxylation is 2. The zero-order valence-corrected chi connectivity index (χ0v) is 11.9. The minimum atomic E-state index is -1.07. The zero-order valence-electron chi connectivity index (χ0n) is 11.9. The van der Waals surface area contributed by atoms with E-state index in [0.29, 0.717) is 0 Å². The number of aliphatic hydroxyl groups is 1. The van der Waals surface area contributed by atoms with Crippen LogP contribution in [0.5, 0.6) is 0 Å². The lowest BCUT2D eigenvalue weighted by atomic mass is 10.1. The Morgan fingerprint density at radius 3 is 2.42 bits per heavy atom. The summed E-state index contributed by atoms with van der Waals surface area (Å²) >= 11 is 0. The summed E-state index contributed by atoms with van der Waals surface area (Å²) in [5.41, 5.74) is 1.83. The number of nitrogens with one attached hydrogen (secondary N) is 2. The Morgan fingerprint density at radius 1 is 1.32 bits per heavy atom. The SMILES string of the molecule is COCC(C)(O)CNC(=O)Nc1cc(C)cc(C)c1. The number of amides is 2. The van der Waals surface area contributed by atoms with Gasteiger partial charge in [0, 0.05) is 12.8 Å². The molecule has 5 heteroatoms.